The first kappa shape index (κ1) is 21.0. The Morgan fingerprint density at radius 1 is 0.829 bits per heavy atom. The molecule has 0 unspecified atom stereocenters. The Bertz CT molecular complexity index is 1520. The van der Waals surface area contributed by atoms with E-state index in [2.05, 4.69) is 5.32 Å². The van der Waals surface area contributed by atoms with Gasteiger partial charge in [0.25, 0.3) is 11.8 Å². The standard InChI is InChI=1S/C29H22N2O4/c1-18-9-12-21(13-10-18)26-27(30-23-8-4-6-20-5-2-3-7-22(20)23)29(33)31(28(26)32)16-19-11-14-24-25(15-19)35-17-34-24/h2-15,30H,16-17H2,1H3. The molecule has 0 spiro atoms. The summed E-state index contributed by atoms with van der Waals surface area (Å²) in [6, 6.07) is 26.9. The summed E-state index contributed by atoms with van der Waals surface area (Å²) in [6.07, 6.45) is 0. The third-order valence-corrected chi connectivity index (χ3v) is 6.34. The summed E-state index contributed by atoms with van der Waals surface area (Å²) in [4.78, 5) is 28.6. The van der Waals surface area contributed by atoms with Crippen LogP contribution in [-0.2, 0) is 16.1 Å². The van der Waals surface area contributed by atoms with Gasteiger partial charge in [0, 0.05) is 11.1 Å². The summed E-state index contributed by atoms with van der Waals surface area (Å²) in [5, 5.41) is 5.33. The Morgan fingerprint density at radius 2 is 1.60 bits per heavy atom. The number of rotatable bonds is 5. The molecular weight excluding hydrogens is 440 g/mol. The van der Waals surface area contributed by atoms with Crippen LogP contribution < -0.4 is 14.8 Å². The van der Waals surface area contributed by atoms with Gasteiger partial charge in [0.15, 0.2) is 11.5 Å². The van der Waals surface area contributed by atoms with Gasteiger partial charge < -0.3 is 14.8 Å². The van der Waals surface area contributed by atoms with Gasteiger partial charge in [-0.15, -0.1) is 0 Å². The number of nitrogens with zero attached hydrogens (tertiary/aromatic N) is 1. The average molecular weight is 463 g/mol. The largest absolute Gasteiger partial charge is 0.454 e. The van der Waals surface area contributed by atoms with Crippen molar-refractivity contribution in [1.82, 2.24) is 4.90 Å². The molecule has 2 aliphatic rings. The monoisotopic (exact) mass is 462 g/mol. The van der Waals surface area contributed by atoms with E-state index in [1.165, 1.54) is 4.90 Å². The Hall–Kier alpha value is -4.58. The summed E-state index contributed by atoms with van der Waals surface area (Å²) in [5.41, 5.74) is 3.97. The van der Waals surface area contributed by atoms with Crippen molar-refractivity contribution in [2.45, 2.75) is 13.5 Å². The van der Waals surface area contributed by atoms with E-state index < -0.39 is 0 Å². The zero-order valence-corrected chi connectivity index (χ0v) is 19.1. The van der Waals surface area contributed by atoms with Crippen molar-refractivity contribution in [2.75, 3.05) is 12.1 Å². The Labute approximate surface area is 202 Å². The molecule has 0 saturated heterocycles. The van der Waals surface area contributed by atoms with E-state index in [0.29, 0.717) is 22.6 Å². The molecule has 0 aromatic heterocycles. The van der Waals surface area contributed by atoms with Crippen molar-refractivity contribution in [2.24, 2.45) is 0 Å². The third-order valence-electron chi connectivity index (χ3n) is 6.34. The highest BCUT2D eigenvalue weighted by Crippen LogP contribution is 2.36. The highest BCUT2D eigenvalue weighted by atomic mass is 16.7. The van der Waals surface area contributed by atoms with Crippen LogP contribution in [0.1, 0.15) is 16.7 Å². The summed E-state index contributed by atoms with van der Waals surface area (Å²) in [7, 11) is 0. The fourth-order valence-electron chi connectivity index (χ4n) is 4.51. The first-order valence-electron chi connectivity index (χ1n) is 11.4. The molecule has 6 heteroatoms. The lowest BCUT2D eigenvalue weighted by Crippen LogP contribution is -2.32. The predicted octanol–water partition coefficient (Wildman–Crippen LogP) is 5.27. The number of hydrogen-bond donors (Lipinski definition) is 1. The first-order chi connectivity index (χ1) is 17.1. The fraction of sp³-hybridized carbons (Fsp3) is 0.103. The first-order valence-corrected chi connectivity index (χ1v) is 11.4. The number of ether oxygens (including phenoxy) is 2. The maximum absolute atomic E-state index is 13.7. The number of carbonyl (C=O) groups is 2. The molecule has 6 nitrogen and oxygen atoms in total. The highest BCUT2D eigenvalue weighted by Gasteiger charge is 2.39. The van der Waals surface area contributed by atoms with Crippen LogP contribution in [0.5, 0.6) is 11.5 Å². The SMILES string of the molecule is Cc1ccc(C2=C(Nc3cccc4ccccc34)C(=O)N(Cc3ccc4c(c3)OCO4)C2=O)cc1. The number of benzene rings is 4. The minimum atomic E-state index is -0.365. The van der Waals surface area contributed by atoms with E-state index in [9.17, 15) is 9.59 Å². The van der Waals surface area contributed by atoms with Crippen molar-refractivity contribution < 1.29 is 19.1 Å². The van der Waals surface area contributed by atoms with Crippen LogP contribution in [0.25, 0.3) is 16.3 Å². The molecule has 0 atom stereocenters. The number of amides is 2. The molecule has 172 valence electrons. The van der Waals surface area contributed by atoms with E-state index in [1.807, 2.05) is 85.8 Å². The number of hydrogen-bond acceptors (Lipinski definition) is 5. The van der Waals surface area contributed by atoms with Crippen LogP contribution in [0.4, 0.5) is 5.69 Å². The zero-order valence-electron chi connectivity index (χ0n) is 19.1. The number of fused-ring (bicyclic) bond motifs is 2. The van der Waals surface area contributed by atoms with Crippen LogP contribution in [0, 0.1) is 6.92 Å². The van der Waals surface area contributed by atoms with Crippen LogP contribution in [0.2, 0.25) is 0 Å². The lowest BCUT2D eigenvalue weighted by atomic mass is 10.0. The summed E-state index contributed by atoms with van der Waals surface area (Å²) < 4.78 is 10.8. The Balaban J connectivity index is 1.41. The zero-order chi connectivity index (χ0) is 23.9. The van der Waals surface area contributed by atoms with Crippen molar-refractivity contribution >= 4 is 33.8 Å². The molecule has 0 radical (unpaired) electrons. The minimum Gasteiger partial charge on any atom is -0.454 e. The van der Waals surface area contributed by atoms with Gasteiger partial charge in [0.05, 0.1) is 12.1 Å². The quantitative estimate of drug-likeness (QED) is 0.409. The van der Waals surface area contributed by atoms with Gasteiger partial charge in [-0.3, -0.25) is 14.5 Å². The molecule has 4 aromatic carbocycles. The number of nitrogens with one attached hydrogen (secondary N) is 1. The summed E-state index contributed by atoms with van der Waals surface area (Å²) >= 11 is 0. The molecule has 0 aliphatic carbocycles. The van der Waals surface area contributed by atoms with Crippen molar-refractivity contribution in [3.63, 3.8) is 0 Å². The molecular formula is C29H22N2O4. The molecule has 0 bridgehead atoms. The second kappa shape index (κ2) is 8.33. The van der Waals surface area contributed by atoms with Gasteiger partial charge in [-0.1, -0.05) is 72.3 Å². The topological polar surface area (TPSA) is 67.9 Å². The molecule has 35 heavy (non-hydrogen) atoms. The Kier molecular flexibility index (Phi) is 4.99. The maximum atomic E-state index is 13.7. The van der Waals surface area contributed by atoms with Gasteiger partial charge in [-0.25, -0.2) is 0 Å². The molecule has 4 aromatic rings. The van der Waals surface area contributed by atoms with Gasteiger partial charge in [-0.2, -0.15) is 0 Å². The number of aryl methyl sites for hydroxylation is 1. The van der Waals surface area contributed by atoms with Crippen molar-refractivity contribution in [1.29, 1.82) is 0 Å². The summed E-state index contributed by atoms with van der Waals surface area (Å²) in [6.45, 7) is 2.28. The maximum Gasteiger partial charge on any atom is 0.278 e. The molecule has 0 saturated carbocycles. The van der Waals surface area contributed by atoms with E-state index in [0.717, 1.165) is 27.6 Å². The smallest absolute Gasteiger partial charge is 0.278 e. The van der Waals surface area contributed by atoms with E-state index in [4.69, 9.17) is 9.47 Å². The molecule has 2 aliphatic heterocycles. The Morgan fingerprint density at radius 3 is 2.46 bits per heavy atom. The van der Waals surface area contributed by atoms with Gasteiger partial charge in [-0.05, 0) is 41.6 Å². The van der Waals surface area contributed by atoms with Crippen LogP contribution in [-0.4, -0.2) is 23.5 Å². The number of imide groups is 1. The van der Waals surface area contributed by atoms with E-state index >= 15 is 0 Å². The van der Waals surface area contributed by atoms with Crippen LogP contribution >= 0.6 is 0 Å². The third kappa shape index (κ3) is 3.69. The molecule has 2 amide bonds. The lowest BCUT2D eigenvalue weighted by molar-refractivity contribution is -0.137. The number of carbonyl (C=O) groups excluding carboxylic acids is 2. The second-order valence-corrected chi connectivity index (χ2v) is 8.65. The molecule has 6 rings (SSSR count). The fourth-order valence-corrected chi connectivity index (χ4v) is 4.51. The molecule has 0 fully saturated rings. The molecule has 1 N–H and O–H groups in total. The van der Waals surface area contributed by atoms with Gasteiger partial charge in [0.1, 0.15) is 5.70 Å². The minimum absolute atomic E-state index is 0.129. The number of anilines is 1. The lowest BCUT2D eigenvalue weighted by Gasteiger charge is -2.16. The van der Waals surface area contributed by atoms with Gasteiger partial charge in [0.2, 0.25) is 6.79 Å². The average Bonchev–Trinajstić information content (AvgIpc) is 3.43. The second-order valence-electron chi connectivity index (χ2n) is 8.65. The normalized spacial score (nSPS) is 14.8. The van der Waals surface area contributed by atoms with Crippen LogP contribution in [0.3, 0.4) is 0 Å². The van der Waals surface area contributed by atoms with Crippen molar-refractivity contribution in [3.05, 3.63) is 107 Å². The summed E-state index contributed by atoms with van der Waals surface area (Å²) in [5.74, 6) is 0.572. The van der Waals surface area contributed by atoms with E-state index in [-0.39, 0.29) is 30.8 Å². The predicted molar refractivity (Wildman–Crippen MR) is 134 cm³/mol. The van der Waals surface area contributed by atoms with E-state index in [1.54, 1.807) is 6.07 Å². The van der Waals surface area contributed by atoms with Crippen molar-refractivity contribution in [3.8, 4) is 11.5 Å². The van der Waals surface area contributed by atoms with Gasteiger partial charge >= 0.3 is 0 Å². The highest BCUT2D eigenvalue weighted by molar-refractivity contribution is 6.36. The van der Waals surface area contributed by atoms with Crippen LogP contribution in [0.15, 0.2) is 90.6 Å². The molecule has 2 heterocycles.